The Balaban J connectivity index is 1.91. The molecule has 1 spiro atoms. The fraction of sp³-hybridized carbons (Fsp3) is 0.950. The molecular formula is C20H32O6. The molecule has 4 aliphatic rings. The molecule has 0 saturated heterocycles. The van der Waals surface area contributed by atoms with Crippen LogP contribution in [0.1, 0.15) is 46.0 Å². The number of hydrogen-bond donors (Lipinski definition) is 5. The number of rotatable bonds is 2. The molecule has 4 fully saturated rings. The molecule has 0 aromatic rings. The molecule has 5 N–H and O–H groups in total. The number of ketones is 1. The summed E-state index contributed by atoms with van der Waals surface area (Å²) in [6.45, 7) is 3.63. The van der Waals surface area contributed by atoms with Gasteiger partial charge in [0.2, 0.25) is 0 Å². The summed E-state index contributed by atoms with van der Waals surface area (Å²) in [7, 11) is 0. The summed E-state index contributed by atoms with van der Waals surface area (Å²) in [5, 5.41) is 53.6. The van der Waals surface area contributed by atoms with Crippen LogP contribution in [-0.4, -0.2) is 62.8 Å². The normalized spacial score (nSPS) is 55.3. The average molecular weight is 368 g/mol. The van der Waals surface area contributed by atoms with Crippen LogP contribution in [0.4, 0.5) is 0 Å². The second-order valence-corrected chi connectivity index (χ2v) is 9.94. The molecule has 148 valence electrons. The van der Waals surface area contributed by atoms with Gasteiger partial charge in [0.25, 0.3) is 0 Å². The standard InChI is InChI=1S/C20H32O6/c1-18(2)6-5-14(23)19(9-22)12-4-3-10-11(8-21)17(26)20(12,16(10)25)15(24)7-13(18)19/h10-16,21-25H,3-9H2,1-2H3/t10-,11+,12-,13+,14-,15+,16-,19-,20+/m0/s1. The van der Waals surface area contributed by atoms with Crippen molar-refractivity contribution in [3.63, 3.8) is 0 Å². The maximum absolute atomic E-state index is 13.4. The van der Waals surface area contributed by atoms with Crippen LogP contribution < -0.4 is 0 Å². The molecule has 2 bridgehead atoms. The molecule has 0 aliphatic heterocycles. The fourth-order valence-corrected chi connectivity index (χ4v) is 7.76. The highest BCUT2D eigenvalue weighted by Crippen LogP contribution is 2.71. The smallest absolute Gasteiger partial charge is 0.150 e. The first-order chi connectivity index (χ1) is 12.2. The topological polar surface area (TPSA) is 118 Å². The van der Waals surface area contributed by atoms with Gasteiger partial charge >= 0.3 is 0 Å². The van der Waals surface area contributed by atoms with Crippen molar-refractivity contribution in [2.24, 2.45) is 39.9 Å². The molecular weight excluding hydrogens is 336 g/mol. The van der Waals surface area contributed by atoms with Crippen molar-refractivity contribution in [3.05, 3.63) is 0 Å². The number of aliphatic hydroxyl groups is 5. The maximum Gasteiger partial charge on any atom is 0.150 e. The third-order valence-electron chi connectivity index (χ3n) is 8.94. The van der Waals surface area contributed by atoms with Gasteiger partial charge in [-0.25, -0.2) is 0 Å². The van der Waals surface area contributed by atoms with E-state index in [1.54, 1.807) is 0 Å². The van der Waals surface area contributed by atoms with E-state index in [0.717, 1.165) is 6.42 Å². The Hall–Kier alpha value is -0.530. The van der Waals surface area contributed by atoms with E-state index >= 15 is 0 Å². The Morgan fingerprint density at radius 1 is 1.00 bits per heavy atom. The molecule has 0 aromatic heterocycles. The van der Waals surface area contributed by atoms with Gasteiger partial charge in [0.1, 0.15) is 5.78 Å². The van der Waals surface area contributed by atoms with Crippen LogP contribution in [0.15, 0.2) is 0 Å². The van der Waals surface area contributed by atoms with Crippen molar-refractivity contribution in [1.29, 1.82) is 0 Å². The van der Waals surface area contributed by atoms with Crippen molar-refractivity contribution < 1.29 is 30.3 Å². The number of fused-ring (bicyclic) bond motifs is 3. The molecule has 0 unspecified atom stereocenters. The van der Waals surface area contributed by atoms with Gasteiger partial charge in [-0.2, -0.15) is 0 Å². The maximum atomic E-state index is 13.4. The second kappa shape index (κ2) is 5.74. The molecule has 0 amide bonds. The van der Waals surface area contributed by atoms with Crippen molar-refractivity contribution >= 4 is 5.78 Å². The van der Waals surface area contributed by atoms with E-state index in [1.165, 1.54) is 0 Å². The molecule has 4 saturated carbocycles. The molecule has 6 heteroatoms. The van der Waals surface area contributed by atoms with Gasteiger partial charge in [-0.05, 0) is 55.3 Å². The molecule has 4 aliphatic carbocycles. The Bertz CT molecular complexity index is 605. The SMILES string of the molecule is CC1(C)CC[C@H](O)[C@]2(CO)[C@@H]1C[C@@H](O)[C@]13C(=O)[C@H](CO)[C@H](CC[C@@H]21)[C@@H]3O. The van der Waals surface area contributed by atoms with Gasteiger partial charge in [-0.1, -0.05) is 13.8 Å². The zero-order valence-electron chi connectivity index (χ0n) is 15.6. The predicted molar refractivity (Wildman–Crippen MR) is 92.9 cm³/mol. The summed E-state index contributed by atoms with van der Waals surface area (Å²) in [5.74, 6) is -1.88. The van der Waals surface area contributed by atoms with Crippen LogP contribution in [0, 0.1) is 39.9 Å². The van der Waals surface area contributed by atoms with Crippen LogP contribution in [0.5, 0.6) is 0 Å². The van der Waals surface area contributed by atoms with Gasteiger partial charge < -0.3 is 25.5 Å². The third-order valence-corrected chi connectivity index (χ3v) is 8.94. The Morgan fingerprint density at radius 2 is 1.69 bits per heavy atom. The lowest BCUT2D eigenvalue weighted by molar-refractivity contribution is -0.267. The molecule has 0 aromatic carbocycles. The number of aliphatic hydroxyl groups excluding tert-OH is 5. The molecule has 9 atom stereocenters. The van der Waals surface area contributed by atoms with Crippen LogP contribution in [-0.2, 0) is 4.79 Å². The van der Waals surface area contributed by atoms with E-state index < -0.39 is 41.0 Å². The van der Waals surface area contributed by atoms with E-state index in [-0.39, 0.29) is 42.7 Å². The van der Waals surface area contributed by atoms with E-state index in [2.05, 4.69) is 13.8 Å². The summed E-state index contributed by atoms with van der Waals surface area (Å²) in [5.41, 5.74) is -2.44. The fourth-order valence-electron chi connectivity index (χ4n) is 7.76. The molecule has 26 heavy (non-hydrogen) atoms. The number of hydrogen-bond acceptors (Lipinski definition) is 6. The van der Waals surface area contributed by atoms with E-state index in [1.807, 2.05) is 0 Å². The zero-order valence-corrected chi connectivity index (χ0v) is 15.6. The average Bonchev–Trinajstić information content (AvgIpc) is 2.72. The van der Waals surface area contributed by atoms with Gasteiger partial charge in [-0.15, -0.1) is 0 Å². The summed E-state index contributed by atoms with van der Waals surface area (Å²) in [4.78, 5) is 13.4. The summed E-state index contributed by atoms with van der Waals surface area (Å²) < 4.78 is 0. The summed E-state index contributed by atoms with van der Waals surface area (Å²) in [6.07, 6.45) is -0.0236. The van der Waals surface area contributed by atoms with Crippen molar-refractivity contribution in [1.82, 2.24) is 0 Å². The van der Waals surface area contributed by atoms with Crippen LogP contribution in [0.2, 0.25) is 0 Å². The first-order valence-electron chi connectivity index (χ1n) is 9.99. The zero-order chi connectivity index (χ0) is 19.1. The number of Topliss-reactive ketones (excluding diaryl/α,β-unsaturated/α-hetero) is 1. The van der Waals surface area contributed by atoms with Crippen molar-refractivity contribution in [3.8, 4) is 0 Å². The highest BCUT2D eigenvalue weighted by molar-refractivity contribution is 5.92. The van der Waals surface area contributed by atoms with E-state index in [0.29, 0.717) is 19.3 Å². The largest absolute Gasteiger partial charge is 0.396 e. The van der Waals surface area contributed by atoms with Crippen molar-refractivity contribution in [2.75, 3.05) is 13.2 Å². The lowest BCUT2D eigenvalue weighted by Gasteiger charge is -2.67. The van der Waals surface area contributed by atoms with E-state index in [9.17, 15) is 30.3 Å². The summed E-state index contributed by atoms with van der Waals surface area (Å²) in [6, 6.07) is 0. The Labute approximate surface area is 154 Å². The van der Waals surface area contributed by atoms with Gasteiger partial charge in [0.05, 0.1) is 36.9 Å². The second-order valence-electron chi connectivity index (χ2n) is 9.94. The monoisotopic (exact) mass is 368 g/mol. The number of carbonyl (C=O) groups is 1. The number of carbonyl (C=O) groups excluding carboxylic acids is 1. The first kappa shape index (κ1) is 18.8. The first-order valence-corrected chi connectivity index (χ1v) is 9.99. The molecule has 4 rings (SSSR count). The third kappa shape index (κ3) is 1.88. The van der Waals surface area contributed by atoms with Crippen LogP contribution in [0.3, 0.4) is 0 Å². The molecule has 0 radical (unpaired) electrons. The lowest BCUT2D eigenvalue weighted by atomic mass is 9.38. The van der Waals surface area contributed by atoms with E-state index in [4.69, 9.17) is 0 Å². The van der Waals surface area contributed by atoms with Crippen LogP contribution in [0.25, 0.3) is 0 Å². The van der Waals surface area contributed by atoms with Crippen LogP contribution >= 0.6 is 0 Å². The minimum atomic E-state index is -1.37. The predicted octanol–water partition coefficient (Wildman–Crippen LogP) is 0.0915. The molecule has 0 heterocycles. The summed E-state index contributed by atoms with van der Waals surface area (Å²) >= 11 is 0. The molecule has 6 nitrogen and oxygen atoms in total. The van der Waals surface area contributed by atoms with Gasteiger partial charge in [0.15, 0.2) is 0 Å². The van der Waals surface area contributed by atoms with Gasteiger partial charge in [0, 0.05) is 11.3 Å². The highest BCUT2D eigenvalue weighted by atomic mass is 16.3. The highest BCUT2D eigenvalue weighted by Gasteiger charge is 2.77. The van der Waals surface area contributed by atoms with Gasteiger partial charge in [-0.3, -0.25) is 4.79 Å². The minimum Gasteiger partial charge on any atom is -0.396 e. The Morgan fingerprint density at radius 3 is 2.31 bits per heavy atom. The Kier molecular flexibility index (Phi) is 4.15. The minimum absolute atomic E-state index is 0.126. The van der Waals surface area contributed by atoms with Crippen molar-refractivity contribution in [2.45, 2.75) is 64.3 Å². The lowest BCUT2D eigenvalue weighted by Crippen LogP contribution is -2.71. The quantitative estimate of drug-likeness (QED) is 0.471.